The molecule has 5 aromatic carbocycles. The van der Waals surface area contributed by atoms with E-state index in [0.717, 1.165) is 57.4 Å². The zero-order valence-electron chi connectivity index (χ0n) is 22.1. The molecule has 1 radical (unpaired) electrons. The molecule has 0 aliphatic heterocycles. The molecule has 8 heteroatoms. The first kappa shape index (κ1) is 30.2. The van der Waals surface area contributed by atoms with Gasteiger partial charge in [-0.2, -0.15) is 26.3 Å². The third kappa shape index (κ3) is 6.41. The number of nitrogens with zero attached hydrogens (tertiary/aromatic N) is 1. The van der Waals surface area contributed by atoms with Crippen molar-refractivity contribution in [1.29, 1.82) is 0 Å². The standard InChI is InChI=1S/C35H20F6N.Ir/c36-34(37,38)30-12-8-22(9-13-30)27-19-28(23-10-14-31(15-11-23)35(39,40)41)21-29(20-27)25-5-3-6-26(18-25)33-32-7-2-1-4-24(32)16-17-42-33;/h1-5,7-21H;/q-1;. The van der Waals surface area contributed by atoms with Gasteiger partial charge in [-0.25, -0.2) is 0 Å². The Balaban J connectivity index is 0.00000368. The molecule has 0 saturated heterocycles. The van der Waals surface area contributed by atoms with Crippen LogP contribution in [0.5, 0.6) is 0 Å². The van der Waals surface area contributed by atoms with Crippen molar-refractivity contribution in [3.05, 3.63) is 139 Å². The van der Waals surface area contributed by atoms with Crippen molar-refractivity contribution in [1.82, 2.24) is 4.98 Å². The molecule has 43 heavy (non-hydrogen) atoms. The van der Waals surface area contributed by atoms with Gasteiger partial charge < -0.3 is 4.98 Å². The van der Waals surface area contributed by atoms with Crippen molar-refractivity contribution in [3.63, 3.8) is 0 Å². The molecule has 1 nitrogen and oxygen atoms in total. The summed E-state index contributed by atoms with van der Waals surface area (Å²) >= 11 is 0. The van der Waals surface area contributed by atoms with Gasteiger partial charge in [-0.1, -0.05) is 48.5 Å². The van der Waals surface area contributed by atoms with E-state index in [1.54, 1.807) is 18.3 Å². The van der Waals surface area contributed by atoms with Crippen LogP contribution in [-0.2, 0) is 32.5 Å². The minimum absolute atomic E-state index is 0. The van der Waals surface area contributed by atoms with Gasteiger partial charge in [0.15, 0.2) is 0 Å². The maximum atomic E-state index is 13.2. The summed E-state index contributed by atoms with van der Waals surface area (Å²) in [5.74, 6) is 0. The average molecular weight is 761 g/mol. The van der Waals surface area contributed by atoms with Crippen LogP contribution in [0.2, 0.25) is 0 Å². The van der Waals surface area contributed by atoms with Gasteiger partial charge >= 0.3 is 12.4 Å². The smallest absolute Gasteiger partial charge is 0.304 e. The molecule has 1 aromatic heterocycles. The summed E-state index contributed by atoms with van der Waals surface area (Å²) < 4.78 is 79.2. The van der Waals surface area contributed by atoms with Crippen LogP contribution < -0.4 is 0 Å². The van der Waals surface area contributed by atoms with Crippen molar-refractivity contribution in [2.24, 2.45) is 0 Å². The van der Waals surface area contributed by atoms with Gasteiger partial charge in [-0.3, -0.25) is 0 Å². The summed E-state index contributed by atoms with van der Waals surface area (Å²) in [6.07, 6.45) is -7.22. The Labute approximate surface area is 257 Å². The summed E-state index contributed by atoms with van der Waals surface area (Å²) in [5.41, 5.74) is 3.80. The maximum Gasteiger partial charge on any atom is 0.416 e. The molecule has 0 aliphatic rings. The van der Waals surface area contributed by atoms with E-state index in [1.165, 1.54) is 24.3 Å². The van der Waals surface area contributed by atoms with Gasteiger partial charge in [-0.15, -0.1) is 35.4 Å². The molecule has 217 valence electrons. The third-order valence-corrected chi connectivity index (χ3v) is 7.09. The van der Waals surface area contributed by atoms with Gasteiger partial charge in [0.05, 0.1) is 11.1 Å². The Morgan fingerprint density at radius 2 is 1.02 bits per heavy atom. The number of alkyl halides is 6. The summed E-state index contributed by atoms with van der Waals surface area (Å²) in [6.45, 7) is 0. The summed E-state index contributed by atoms with van der Waals surface area (Å²) in [4.78, 5) is 4.58. The monoisotopic (exact) mass is 761 g/mol. The van der Waals surface area contributed by atoms with E-state index >= 15 is 0 Å². The number of pyridine rings is 1. The zero-order valence-corrected chi connectivity index (χ0v) is 24.5. The molecule has 6 aromatic rings. The predicted octanol–water partition coefficient (Wildman–Crippen LogP) is 10.7. The van der Waals surface area contributed by atoms with Gasteiger partial charge in [0.25, 0.3) is 0 Å². The van der Waals surface area contributed by atoms with Crippen LogP contribution in [0.15, 0.2) is 121 Å². The topological polar surface area (TPSA) is 12.9 Å². The molecule has 0 fully saturated rings. The molecule has 1 heterocycles. The van der Waals surface area contributed by atoms with Crippen LogP contribution in [-0.4, -0.2) is 4.98 Å². The first-order chi connectivity index (χ1) is 20.1. The van der Waals surface area contributed by atoms with Crippen molar-refractivity contribution >= 4 is 10.8 Å². The zero-order chi connectivity index (χ0) is 29.5. The number of hydrogen-bond donors (Lipinski definition) is 0. The second-order valence-electron chi connectivity index (χ2n) is 9.82. The number of hydrogen-bond acceptors (Lipinski definition) is 1. The minimum atomic E-state index is -4.47. The van der Waals surface area contributed by atoms with Crippen LogP contribution in [0.25, 0.3) is 55.4 Å². The van der Waals surface area contributed by atoms with Gasteiger partial charge in [0.1, 0.15) is 0 Å². The molecular weight excluding hydrogens is 741 g/mol. The number of fused-ring (bicyclic) bond motifs is 1. The van der Waals surface area contributed by atoms with E-state index in [0.29, 0.717) is 22.3 Å². The summed E-state index contributed by atoms with van der Waals surface area (Å²) in [5, 5.41) is 1.98. The fourth-order valence-electron chi connectivity index (χ4n) is 4.95. The van der Waals surface area contributed by atoms with E-state index in [4.69, 9.17) is 0 Å². The maximum absolute atomic E-state index is 13.2. The van der Waals surface area contributed by atoms with Crippen molar-refractivity contribution < 1.29 is 46.4 Å². The van der Waals surface area contributed by atoms with Crippen LogP contribution in [0, 0.1) is 6.07 Å². The quantitative estimate of drug-likeness (QED) is 0.129. The molecule has 0 unspecified atom stereocenters. The van der Waals surface area contributed by atoms with Crippen LogP contribution in [0.3, 0.4) is 0 Å². The van der Waals surface area contributed by atoms with E-state index in [1.807, 2.05) is 54.6 Å². The number of aromatic nitrogens is 1. The third-order valence-electron chi connectivity index (χ3n) is 7.09. The molecule has 0 saturated carbocycles. The first-order valence-corrected chi connectivity index (χ1v) is 12.9. The Bertz CT molecular complexity index is 1810. The number of halogens is 6. The normalized spacial score (nSPS) is 11.8. The molecule has 6 rings (SSSR count). The number of benzene rings is 5. The van der Waals surface area contributed by atoms with E-state index in [2.05, 4.69) is 11.1 Å². The van der Waals surface area contributed by atoms with Crippen LogP contribution in [0.4, 0.5) is 26.3 Å². The second kappa shape index (κ2) is 11.8. The first-order valence-electron chi connectivity index (χ1n) is 12.9. The van der Waals surface area contributed by atoms with Gasteiger partial charge in [-0.05, 0) is 92.8 Å². The average Bonchev–Trinajstić information content (AvgIpc) is 3.00. The second-order valence-corrected chi connectivity index (χ2v) is 9.82. The molecule has 0 atom stereocenters. The van der Waals surface area contributed by atoms with Crippen molar-refractivity contribution in [3.8, 4) is 44.6 Å². The van der Waals surface area contributed by atoms with E-state index in [9.17, 15) is 26.3 Å². The molecule has 0 aliphatic carbocycles. The Morgan fingerprint density at radius 1 is 0.512 bits per heavy atom. The summed E-state index contributed by atoms with van der Waals surface area (Å²) in [6, 6.07) is 33.7. The van der Waals surface area contributed by atoms with Crippen molar-refractivity contribution in [2.75, 3.05) is 0 Å². The molecule has 0 spiro atoms. The Morgan fingerprint density at radius 3 is 1.56 bits per heavy atom. The summed E-state index contributed by atoms with van der Waals surface area (Å²) in [7, 11) is 0. The minimum Gasteiger partial charge on any atom is -0.304 e. The van der Waals surface area contributed by atoms with Crippen LogP contribution >= 0.6 is 0 Å². The van der Waals surface area contributed by atoms with Gasteiger partial charge in [0, 0.05) is 26.3 Å². The predicted molar refractivity (Wildman–Crippen MR) is 152 cm³/mol. The largest absolute Gasteiger partial charge is 0.416 e. The van der Waals surface area contributed by atoms with E-state index < -0.39 is 23.5 Å². The fourth-order valence-corrected chi connectivity index (χ4v) is 4.95. The van der Waals surface area contributed by atoms with Crippen LogP contribution in [0.1, 0.15) is 11.1 Å². The molecular formula is C35H20F6IrN-. The van der Waals surface area contributed by atoms with Crippen molar-refractivity contribution in [2.45, 2.75) is 12.4 Å². The molecule has 0 amide bonds. The van der Waals surface area contributed by atoms with E-state index in [-0.39, 0.29) is 20.1 Å². The number of rotatable bonds is 4. The Kier molecular flexibility index (Phi) is 8.28. The fraction of sp³-hybridized carbons (Fsp3) is 0.0571. The Hall–Kier alpha value is -4.26. The van der Waals surface area contributed by atoms with Gasteiger partial charge in [0.2, 0.25) is 0 Å². The SMILES string of the molecule is FC(F)(F)c1ccc(-c2cc(-c3ccc(C(F)(F)F)cc3)cc(-c3cc[c-]c(-c4nccc5ccccc45)c3)c2)cc1.[Ir]. The molecule has 0 bridgehead atoms. The molecule has 0 N–H and O–H groups in total.